The van der Waals surface area contributed by atoms with Crippen LogP contribution in [0.5, 0.6) is 5.75 Å². The van der Waals surface area contributed by atoms with Gasteiger partial charge in [-0.05, 0) is 53.0 Å². The van der Waals surface area contributed by atoms with Crippen molar-refractivity contribution in [2.24, 2.45) is 0 Å². The number of benzene rings is 1. The van der Waals surface area contributed by atoms with E-state index in [1.807, 2.05) is 6.07 Å². The molecule has 1 rings (SSSR count). The van der Waals surface area contributed by atoms with Crippen molar-refractivity contribution in [1.29, 1.82) is 0 Å². The zero-order chi connectivity index (χ0) is 13.9. The van der Waals surface area contributed by atoms with E-state index in [9.17, 15) is 0 Å². The molecule has 0 atom stereocenters. The minimum Gasteiger partial charge on any atom is -0.492 e. The first-order valence-electron chi connectivity index (χ1n) is 7.39. The lowest BCUT2D eigenvalue weighted by Gasteiger charge is -2.09. The molecule has 19 heavy (non-hydrogen) atoms. The van der Waals surface area contributed by atoms with Gasteiger partial charge in [0.25, 0.3) is 0 Å². The third kappa shape index (κ3) is 6.98. The van der Waals surface area contributed by atoms with Gasteiger partial charge in [0.1, 0.15) is 5.75 Å². The summed E-state index contributed by atoms with van der Waals surface area (Å²) in [7, 11) is 0. The van der Waals surface area contributed by atoms with E-state index in [0.29, 0.717) is 0 Å². The van der Waals surface area contributed by atoms with Gasteiger partial charge >= 0.3 is 0 Å². The second-order valence-electron chi connectivity index (χ2n) is 4.85. The molecule has 0 spiro atoms. The average molecular weight is 328 g/mol. The maximum Gasteiger partial charge on any atom is 0.133 e. The van der Waals surface area contributed by atoms with Crippen molar-refractivity contribution < 1.29 is 4.74 Å². The third-order valence-corrected chi connectivity index (χ3v) is 3.61. The number of hydrogen-bond donors (Lipinski definition) is 1. The monoisotopic (exact) mass is 327 g/mol. The van der Waals surface area contributed by atoms with Crippen molar-refractivity contribution >= 4 is 15.9 Å². The van der Waals surface area contributed by atoms with Crippen molar-refractivity contribution in [2.75, 3.05) is 13.2 Å². The Hall–Kier alpha value is -0.540. The highest BCUT2D eigenvalue weighted by Gasteiger charge is 2.02. The Balaban J connectivity index is 2.29. The van der Waals surface area contributed by atoms with E-state index in [0.717, 1.165) is 36.3 Å². The summed E-state index contributed by atoms with van der Waals surface area (Å²) in [4.78, 5) is 0. The lowest BCUT2D eigenvalue weighted by molar-refractivity contribution is 0.315. The summed E-state index contributed by atoms with van der Waals surface area (Å²) in [6.45, 7) is 7.16. The highest BCUT2D eigenvalue weighted by Crippen LogP contribution is 2.26. The van der Waals surface area contributed by atoms with E-state index in [4.69, 9.17) is 4.74 Å². The normalized spacial score (nSPS) is 10.7. The van der Waals surface area contributed by atoms with Crippen LogP contribution >= 0.6 is 15.9 Å². The van der Waals surface area contributed by atoms with Gasteiger partial charge in [-0.3, -0.25) is 0 Å². The molecule has 0 amide bonds. The maximum absolute atomic E-state index is 5.64. The molecular formula is C16H26BrNO. The molecule has 1 aromatic carbocycles. The molecule has 2 nitrogen and oxygen atoms in total. The van der Waals surface area contributed by atoms with Gasteiger partial charge in [-0.25, -0.2) is 0 Å². The summed E-state index contributed by atoms with van der Waals surface area (Å²) in [6, 6.07) is 6.33. The molecule has 0 saturated carbocycles. The molecule has 108 valence electrons. The fraction of sp³-hybridized carbons (Fsp3) is 0.625. The zero-order valence-corrected chi connectivity index (χ0v) is 13.8. The van der Waals surface area contributed by atoms with Crippen LogP contribution in [0.1, 0.15) is 51.5 Å². The largest absolute Gasteiger partial charge is 0.492 e. The number of hydrogen-bond acceptors (Lipinski definition) is 2. The standard InChI is InChI=1S/C16H26BrNO/c1-3-5-6-7-10-18-13-14-8-9-16(15(17)12-14)19-11-4-2/h8-9,12,18H,3-7,10-11,13H2,1-2H3. The Morgan fingerprint density at radius 3 is 2.63 bits per heavy atom. The first-order valence-corrected chi connectivity index (χ1v) is 8.19. The summed E-state index contributed by atoms with van der Waals surface area (Å²) >= 11 is 3.57. The molecule has 0 aromatic heterocycles. The highest BCUT2D eigenvalue weighted by molar-refractivity contribution is 9.10. The molecule has 3 heteroatoms. The molecule has 0 saturated heterocycles. The number of nitrogens with one attached hydrogen (secondary N) is 1. The van der Waals surface area contributed by atoms with Gasteiger partial charge in [-0.15, -0.1) is 0 Å². The van der Waals surface area contributed by atoms with Crippen LogP contribution in [0.2, 0.25) is 0 Å². The van der Waals surface area contributed by atoms with E-state index in [1.165, 1.54) is 31.2 Å². The fourth-order valence-corrected chi connectivity index (χ4v) is 2.43. The maximum atomic E-state index is 5.64. The van der Waals surface area contributed by atoms with Gasteiger partial charge in [-0.1, -0.05) is 39.2 Å². The van der Waals surface area contributed by atoms with Crippen LogP contribution in [-0.2, 0) is 6.54 Å². The Morgan fingerprint density at radius 2 is 1.95 bits per heavy atom. The lowest BCUT2D eigenvalue weighted by Crippen LogP contribution is -2.14. The Kier molecular flexibility index (Phi) is 8.93. The minimum absolute atomic E-state index is 0.771. The molecule has 0 fully saturated rings. The topological polar surface area (TPSA) is 21.3 Å². The van der Waals surface area contributed by atoms with E-state index >= 15 is 0 Å². The molecular weight excluding hydrogens is 302 g/mol. The summed E-state index contributed by atoms with van der Waals surface area (Å²) in [5, 5.41) is 3.49. The highest BCUT2D eigenvalue weighted by atomic mass is 79.9. The minimum atomic E-state index is 0.771. The molecule has 0 aliphatic carbocycles. The van der Waals surface area contributed by atoms with Crippen LogP contribution in [0.3, 0.4) is 0 Å². The van der Waals surface area contributed by atoms with Crippen LogP contribution in [-0.4, -0.2) is 13.2 Å². The predicted molar refractivity (Wildman–Crippen MR) is 85.8 cm³/mol. The number of unbranched alkanes of at least 4 members (excludes halogenated alkanes) is 3. The average Bonchev–Trinajstić information content (AvgIpc) is 2.42. The summed E-state index contributed by atoms with van der Waals surface area (Å²) in [6.07, 6.45) is 6.28. The lowest BCUT2D eigenvalue weighted by atomic mass is 10.2. The molecule has 1 aromatic rings. The Morgan fingerprint density at radius 1 is 1.11 bits per heavy atom. The Labute approximate surface area is 126 Å². The fourth-order valence-electron chi connectivity index (χ4n) is 1.89. The SMILES string of the molecule is CCCCCCNCc1ccc(OCCC)c(Br)c1. The van der Waals surface area contributed by atoms with Gasteiger partial charge in [0.05, 0.1) is 11.1 Å². The van der Waals surface area contributed by atoms with Crippen molar-refractivity contribution in [3.05, 3.63) is 28.2 Å². The van der Waals surface area contributed by atoms with Gasteiger partial charge in [0.2, 0.25) is 0 Å². The number of rotatable bonds is 10. The Bertz CT molecular complexity index is 355. The van der Waals surface area contributed by atoms with E-state index in [2.05, 4.69) is 47.2 Å². The molecule has 0 radical (unpaired) electrons. The molecule has 0 bridgehead atoms. The van der Waals surface area contributed by atoms with E-state index in [-0.39, 0.29) is 0 Å². The van der Waals surface area contributed by atoms with Crippen LogP contribution in [0.4, 0.5) is 0 Å². The quantitative estimate of drug-likeness (QED) is 0.616. The van der Waals surface area contributed by atoms with Crippen molar-refractivity contribution in [1.82, 2.24) is 5.32 Å². The summed E-state index contributed by atoms with van der Waals surface area (Å²) in [5.41, 5.74) is 1.30. The molecule has 0 aliphatic rings. The molecule has 0 aliphatic heterocycles. The third-order valence-electron chi connectivity index (χ3n) is 2.99. The zero-order valence-electron chi connectivity index (χ0n) is 12.2. The van der Waals surface area contributed by atoms with Crippen molar-refractivity contribution in [3.63, 3.8) is 0 Å². The first kappa shape index (κ1) is 16.5. The van der Waals surface area contributed by atoms with Crippen LogP contribution in [0, 0.1) is 0 Å². The van der Waals surface area contributed by atoms with Crippen molar-refractivity contribution in [2.45, 2.75) is 52.5 Å². The van der Waals surface area contributed by atoms with Gasteiger partial charge < -0.3 is 10.1 Å². The van der Waals surface area contributed by atoms with Crippen LogP contribution in [0.15, 0.2) is 22.7 Å². The van der Waals surface area contributed by atoms with Crippen LogP contribution in [0.25, 0.3) is 0 Å². The van der Waals surface area contributed by atoms with Gasteiger partial charge in [-0.2, -0.15) is 0 Å². The summed E-state index contributed by atoms with van der Waals surface area (Å²) in [5.74, 6) is 0.938. The van der Waals surface area contributed by atoms with Gasteiger partial charge in [0.15, 0.2) is 0 Å². The number of halogens is 1. The van der Waals surface area contributed by atoms with E-state index < -0.39 is 0 Å². The van der Waals surface area contributed by atoms with Gasteiger partial charge in [0, 0.05) is 6.54 Å². The smallest absolute Gasteiger partial charge is 0.133 e. The number of ether oxygens (including phenoxy) is 1. The second-order valence-corrected chi connectivity index (χ2v) is 5.71. The van der Waals surface area contributed by atoms with E-state index in [1.54, 1.807) is 0 Å². The van der Waals surface area contributed by atoms with Crippen molar-refractivity contribution in [3.8, 4) is 5.75 Å². The molecule has 0 unspecified atom stereocenters. The molecule has 0 heterocycles. The second kappa shape index (κ2) is 10.3. The first-order chi connectivity index (χ1) is 9.27. The molecule has 1 N–H and O–H groups in total. The van der Waals surface area contributed by atoms with Crippen LogP contribution < -0.4 is 10.1 Å². The predicted octanol–water partition coefficient (Wildman–Crippen LogP) is 4.91. The summed E-state index contributed by atoms with van der Waals surface area (Å²) < 4.78 is 6.69.